The standard InChI is InChI=1S/C29H36ClN5O2/c1-3-5-27-25(18-33-35(27)24-12-10-23(30)11-13-24)29(37)34-26-15-22(9-8-19(26)2)28(36)32-17-21-7-4-6-20(14-21)16-31/h8-13,15,18,20-21H,3-7,14,16-17,31H2,1-2H3,(H,32,36)(H,34,37). The van der Waals surface area contributed by atoms with Gasteiger partial charge < -0.3 is 16.4 Å². The van der Waals surface area contributed by atoms with Crippen LogP contribution in [0.1, 0.15) is 71.0 Å². The van der Waals surface area contributed by atoms with Crippen molar-refractivity contribution in [1.82, 2.24) is 15.1 Å². The second-order valence-electron chi connectivity index (χ2n) is 9.97. The Morgan fingerprint density at radius 2 is 1.86 bits per heavy atom. The number of hydrogen-bond donors (Lipinski definition) is 3. The Balaban J connectivity index is 1.47. The highest BCUT2D eigenvalue weighted by atomic mass is 35.5. The van der Waals surface area contributed by atoms with Gasteiger partial charge in [0.15, 0.2) is 0 Å². The van der Waals surface area contributed by atoms with Crippen LogP contribution in [0.2, 0.25) is 5.02 Å². The molecule has 1 aliphatic carbocycles. The Kier molecular flexibility index (Phi) is 9.00. The van der Waals surface area contributed by atoms with Crippen molar-refractivity contribution >= 4 is 29.1 Å². The summed E-state index contributed by atoms with van der Waals surface area (Å²) in [6.45, 7) is 5.34. The SMILES string of the molecule is CCCc1c(C(=O)Nc2cc(C(=O)NCC3CCCC(CN)C3)ccc2C)cnn1-c1ccc(Cl)cc1. The lowest BCUT2D eigenvalue weighted by Crippen LogP contribution is -2.33. The molecule has 0 spiro atoms. The third-order valence-electron chi connectivity index (χ3n) is 7.20. The summed E-state index contributed by atoms with van der Waals surface area (Å²) in [5.41, 5.74) is 10.1. The van der Waals surface area contributed by atoms with E-state index in [0.717, 1.165) is 42.6 Å². The Bertz CT molecular complexity index is 1240. The van der Waals surface area contributed by atoms with Gasteiger partial charge in [0.2, 0.25) is 0 Å². The largest absolute Gasteiger partial charge is 0.352 e. The van der Waals surface area contributed by atoms with Crippen LogP contribution in [-0.2, 0) is 6.42 Å². The molecule has 4 rings (SSSR count). The van der Waals surface area contributed by atoms with Gasteiger partial charge in [-0.15, -0.1) is 0 Å². The van der Waals surface area contributed by atoms with Gasteiger partial charge in [0.1, 0.15) is 0 Å². The fraction of sp³-hybridized carbons (Fsp3) is 0.414. The summed E-state index contributed by atoms with van der Waals surface area (Å²) in [6, 6.07) is 12.8. The van der Waals surface area contributed by atoms with Crippen LogP contribution < -0.4 is 16.4 Å². The average Bonchev–Trinajstić information content (AvgIpc) is 3.33. The highest BCUT2D eigenvalue weighted by molar-refractivity contribution is 6.30. The zero-order valence-electron chi connectivity index (χ0n) is 21.6. The van der Waals surface area contributed by atoms with Crippen molar-refractivity contribution in [2.75, 3.05) is 18.4 Å². The fourth-order valence-corrected chi connectivity index (χ4v) is 5.20. The van der Waals surface area contributed by atoms with Crippen LogP contribution in [-0.4, -0.2) is 34.7 Å². The van der Waals surface area contributed by atoms with Crippen LogP contribution in [0.4, 0.5) is 5.69 Å². The van der Waals surface area contributed by atoms with E-state index in [-0.39, 0.29) is 11.8 Å². The maximum absolute atomic E-state index is 13.3. The summed E-state index contributed by atoms with van der Waals surface area (Å²) in [6.07, 6.45) is 7.68. The minimum atomic E-state index is -0.251. The Morgan fingerprint density at radius 3 is 2.59 bits per heavy atom. The highest BCUT2D eigenvalue weighted by Crippen LogP contribution is 2.28. The van der Waals surface area contributed by atoms with Gasteiger partial charge in [-0.3, -0.25) is 9.59 Å². The van der Waals surface area contributed by atoms with E-state index >= 15 is 0 Å². The minimum Gasteiger partial charge on any atom is -0.352 e. The number of anilines is 1. The number of nitrogens with zero attached hydrogens (tertiary/aromatic N) is 2. The van der Waals surface area contributed by atoms with Crippen molar-refractivity contribution in [1.29, 1.82) is 0 Å². The predicted octanol–water partition coefficient (Wildman–Crippen LogP) is 5.53. The molecule has 7 nitrogen and oxygen atoms in total. The number of aryl methyl sites for hydroxylation is 1. The van der Waals surface area contributed by atoms with E-state index in [1.165, 1.54) is 6.42 Å². The van der Waals surface area contributed by atoms with Gasteiger partial charge in [-0.25, -0.2) is 4.68 Å². The molecule has 0 bridgehead atoms. The number of aromatic nitrogens is 2. The first-order valence-corrected chi connectivity index (χ1v) is 13.5. The molecular weight excluding hydrogens is 486 g/mol. The van der Waals surface area contributed by atoms with E-state index in [2.05, 4.69) is 22.7 Å². The molecule has 4 N–H and O–H groups in total. The summed E-state index contributed by atoms with van der Waals surface area (Å²) in [5.74, 6) is 0.635. The Labute approximate surface area is 223 Å². The predicted molar refractivity (Wildman–Crippen MR) is 149 cm³/mol. The Morgan fingerprint density at radius 1 is 1.11 bits per heavy atom. The topological polar surface area (TPSA) is 102 Å². The molecule has 37 heavy (non-hydrogen) atoms. The van der Waals surface area contributed by atoms with Crippen LogP contribution >= 0.6 is 11.6 Å². The van der Waals surface area contributed by atoms with Gasteiger partial charge in [-0.05, 0) is 92.9 Å². The molecule has 2 amide bonds. The van der Waals surface area contributed by atoms with Gasteiger partial charge in [0.05, 0.1) is 23.1 Å². The summed E-state index contributed by atoms with van der Waals surface area (Å²) in [7, 11) is 0. The lowest BCUT2D eigenvalue weighted by molar-refractivity contribution is 0.0939. The number of nitrogens with two attached hydrogens (primary N) is 1. The first kappa shape index (κ1) is 26.9. The molecule has 2 unspecified atom stereocenters. The second-order valence-corrected chi connectivity index (χ2v) is 10.4. The number of nitrogens with one attached hydrogen (secondary N) is 2. The molecule has 196 valence electrons. The summed E-state index contributed by atoms with van der Waals surface area (Å²) >= 11 is 6.04. The molecule has 3 aromatic rings. The van der Waals surface area contributed by atoms with E-state index in [0.29, 0.717) is 53.2 Å². The molecule has 1 aliphatic rings. The van der Waals surface area contributed by atoms with Crippen molar-refractivity contribution < 1.29 is 9.59 Å². The highest BCUT2D eigenvalue weighted by Gasteiger charge is 2.22. The molecule has 0 saturated heterocycles. The van der Waals surface area contributed by atoms with Crippen LogP contribution in [0.15, 0.2) is 48.7 Å². The van der Waals surface area contributed by atoms with Crippen molar-refractivity contribution in [3.05, 3.63) is 76.1 Å². The first-order chi connectivity index (χ1) is 17.9. The molecule has 2 aromatic carbocycles. The van der Waals surface area contributed by atoms with E-state index in [1.54, 1.807) is 35.1 Å². The molecule has 8 heteroatoms. The molecule has 2 atom stereocenters. The average molecular weight is 522 g/mol. The zero-order valence-corrected chi connectivity index (χ0v) is 22.4. The summed E-state index contributed by atoms with van der Waals surface area (Å²) in [5, 5.41) is 11.2. The van der Waals surface area contributed by atoms with Crippen molar-refractivity contribution in [3.8, 4) is 5.69 Å². The number of carbonyl (C=O) groups excluding carboxylic acids is 2. The molecule has 1 saturated carbocycles. The lowest BCUT2D eigenvalue weighted by atomic mass is 9.81. The van der Waals surface area contributed by atoms with Crippen molar-refractivity contribution in [3.63, 3.8) is 0 Å². The van der Waals surface area contributed by atoms with Crippen LogP contribution in [0.3, 0.4) is 0 Å². The minimum absolute atomic E-state index is 0.132. The van der Waals surface area contributed by atoms with Crippen LogP contribution in [0, 0.1) is 18.8 Å². The number of hydrogen-bond acceptors (Lipinski definition) is 4. The van der Waals surface area contributed by atoms with E-state index in [4.69, 9.17) is 17.3 Å². The van der Waals surface area contributed by atoms with Crippen molar-refractivity contribution in [2.24, 2.45) is 17.6 Å². The molecule has 1 aromatic heterocycles. The molecular formula is C29H36ClN5O2. The fourth-order valence-electron chi connectivity index (χ4n) is 5.07. The van der Waals surface area contributed by atoms with E-state index in [9.17, 15) is 9.59 Å². The smallest absolute Gasteiger partial charge is 0.259 e. The van der Waals surface area contributed by atoms with Gasteiger partial charge >= 0.3 is 0 Å². The maximum Gasteiger partial charge on any atom is 0.259 e. The zero-order chi connectivity index (χ0) is 26.4. The number of amides is 2. The number of benzene rings is 2. The molecule has 0 radical (unpaired) electrons. The van der Waals surface area contributed by atoms with Crippen LogP contribution in [0.25, 0.3) is 5.69 Å². The molecule has 0 aliphatic heterocycles. The maximum atomic E-state index is 13.3. The van der Waals surface area contributed by atoms with Gasteiger partial charge in [0, 0.05) is 22.8 Å². The third kappa shape index (κ3) is 6.59. The van der Waals surface area contributed by atoms with Crippen molar-refractivity contribution in [2.45, 2.75) is 52.4 Å². The van der Waals surface area contributed by atoms with Gasteiger partial charge in [-0.1, -0.05) is 37.4 Å². The lowest BCUT2D eigenvalue weighted by Gasteiger charge is -2.28. The molecule has 1 fully saturated rings. The number of rotatable bonds is 9. The normalized spacial score (nSPS) is 17.4. The van der Waals surface area contributed by atoms with Crippen LogP contribution in [0.5, 0.6) is 0 Å². The Hall–Kier alpha value is -3.16. The second kappa shape index (κ2) is 12.4. The van der Waals surface area contributed by atoms with E-state index in [1.807, 2.05) is 25.1 Å². The van der Waals surface area contributed by atoms with Gasteiger partial charge in [0.25, 0.3) is 11.8 Å². The first-order valence-electron chi connectivity index (χ1n) is 13.1. The third-order valence-corrected chi connectivity index (χ3v) is 7.45. The quantitative estimate of drug-likeness (QED) is 0.344. The summed E-state index contributed by atoms with van der Waals surface area (Å²) in [4.78, 5) is 26.2. The van der Waals surface area contributed by atoms with Gasteiger partial charge in [-0.2, -0.15) is 5.10 Å². The monoisotopic (exact) mass is 521 g/mol. The number of halogens is 1. The van der Waals surface area contributed by atoms with E-state index < -0.39 is 0 Å². The number of carbonyl (C=O) groups is 2. The molecule has 1 heterocycles. The summed E-state index contributed by atoms with van der Waals surface area (Å²) < 4.78 is 1.78.